The Morgan fingerprint density at radius 2 is 2.00 bits per heavy atom. The highest BCUT2D eigenvalue weighted by Gasteiger charge is 2.54. The lowest BCUT2D eigenvalue weighted by Gasteiger charge is -2.27. The highest BCUT2D eigenvalue weighted by atomic mass is 19.1. The van der Waals surface area contributed by atoms with Crippen LogP contribution in [0.4, 0.5) is 10.2 Å². The maximum atomic E-state index is 13.6. The Morgan fingerprint density at radius 3 is 2.77 bits per heavy atom. The molecule has 1 aliphatic carbocycles. The Balaban J connectivity index is 1.18. The van der Waals surface area contributed by atoms with E-state index in [-0.39, 0.29) is 12.3 Å². The van der Waals surface area contributed by atoms with E-state index in [4.69, 9.17) is 9.72 Å². The zero-order chi connectivity index (χ0) is 30.2. The first-order chi connectivity index (χ1) is 20.9. The van der Waals surface area contributed by atoms with E-state index < -0.39 is 30.2 Å². The number of halogens is 1. The van der Waals surface area contributed by atoms with Gasteiger partial charge in [0.05, 0.1) is 17.2 Å². The molecule has 9 nitrogen and oxygen atoms in total. The lowest BCUT2D eigenvalue weighted by atomic mass is 9.95. The van der Waals surface area contributed by atoms with Crippen molar-refractivity contribution in [2.75, 3.05) is 45.3 Å². The van der Waals surface area contributed by atoms with Crippen molar-refractivity contribution in [3.05, 3.63) is 65.6 Å². The molecule has 0 saturated heterocycles. The van der Waals surface area contributed by atoms with Crippen LogP contribution >= 0.6 is 0 Å². The molecule has 2 unspecified atom stereocenters. The number of fused-ring (bicyclic) bond motifs is 2. The van der Waals surface area contributed by atoms with Crippen LogP contribution < -0.4 is 10.6 Å². The third-order valence-electron chi connectivity index (χ3n) is 8.73. The maximum Gasteiger partial charge on any atom is 0.326 e. The van der Waals surface area contributed by atoms with Crippen LogP contribution in [0.5, 0.6) is 0 Å². The van der Waals surface area contributed by atoms with Crippen LogP contribution in [0.15, 0.2) is 48.7 Å². The smallest absolute Gasteiger partial charge is 0.326 e. The number of alkyl halides is 1. The number of anilines is 1. The molecule has 43 heavy (non-hydrogen) atoms. The summed E-state index contributed by atoms with van der Waals surface area (Å²) in [5, 5.41) is 18.1. The first-order valence-corrected chi connectivity index (χ1v) is 15.4. The van der Waals surface area contributed by atoms with Crippen molar-refractivity contribution in [1.29, 1.82) is 0 Å². The number of nitrogens with one attached hydrogen (secondary N) is 2. The minimum Gasteiger partial charge on any atom is -0.480 e. The average molecular weight is 592 g/mol. The molecule has 1 amide bonds. The van der Waals surface area contributed by atoms with Gasteiger partial charge in [-0.15, -0.1) is 0 Å². The lowest BCUT2D eigenvalue weighted by Crippen LogP contribution is -2.48. The van der Waals surface area contributed by atoms with Crippen LogP contribution in [0.3, 0.4) is 0 Å². The van der Waals surface area contributed by atoms with E-state index in [2.05, 4.69) is 27.8 Å². The molecule has 0 spiro atoms. The highest BCUT2D eigenvalue weighted by Crippen LogP contribution is 2.49. The Morgan fingerprint density at radius 1 is 1.16 bits per heavy atom. The SMILES string of the molecule is COC(CF)CN(CCCCc1ccc2c(n1)NCCC2)CCC(NC(=O)C1(c2nccc3ccccc23)CC1)C(=O)O. The number of carboxylic acid groups (broad SMARTS) is 1. The summed E-state index contributed by atoms with van der Waals surface area (Å²) < 4.78 is 18.8. The number of unbranched alkanes of at least 4 members (excludes halogenated alkanes) is 1. The number of nitrogens with zero attached hydrogens (tertiary/aromatic N) is 3. The van der Waals surface area contributed by atoms with Crippen LogP contribution in [0.1, 0.15) is 55.5 Å². The molecule has 1 fully saturated rings. The summed E-state index contributed by atoms with van der Waals surface area (Å²) in [6, 6.07) is 12.9. The molecular weight excluding hydrogens is 549 g/mol. The molecule has 10 heteroatoms. The van der Waals surface area contributed by atoms with Crippen molar-refractivity contribution in [3.63, 3.8) is 0 Å². The van der Waals surface area contributed by atoms with Gasteiger partial charge >= 0.3 is 5.97 Å². The van der Waals surface area contributed by atoms with E-state index >= 15 is 0 Å². The van der Waals surface area contributed by atoms with Crippen molar-refractivity contribution < 1.29 is 23.8 Å². The summed E-state index contributed by atoms with van der Waals surface area (Å²) in [6.07, 6.45) is 7.30. The molecule has 3 heterocycles. The van der Waals surface area contributed by atoms with Crippen molar-refractivity contribution in [1.82, 2.24) is 20.2 Å². The van der Waals surface area contributed by atoms with Gasteiger partial charge in [-0.05, 0) is 81.0 Å². The van der Waals surface area contributed by atoms with Gasteiger partial charge < -0.3 is 25.4 Å². The summed E-state index contributed by atoms with van der Waals surface area (Å²) >= 11 is 0. The predicted molar refractivity (Wildman–Crippen MR) is 164 cm³/mol. The molecule has 2 aliphatic rings. The monoisotopic (exact) mass is 591 g/mol. The van der Waals surface area contributed by atoms with Crippen LogP contribution in [-0.4, -0.2) is 84.0 Å². The summed E-state index contributed by atoms with van der Waals surface area (Å²) in [5.74, 6) is -0.404. The van der Waals surface area contributed by atoms with Crippen molar-refractivity contribution in [3.8, 4) is 0 Å². The van der Waals surface area contributed by atoms with Gasteiger partial charge in [0, 0.05) is 44.0 Å². The predicted octanol–water partition coefficient (Wildman–Crippen LogP) is 4.29. The number of methoxy groups -OCH3 is 1. The Bertz CT molecular complexity index is 1410. The van der Waals surface area contributed by atoms with Crippen molar-refractivity contribution in [2.24, 2.45) is 0 Å². The molecule has 3 N–H and O–H groups in total. The van der Waals surface area contributed by atoms with Gasteiger partial charge in [0.1, 0.15) is 18.5 Å². The van der Waals surface area contributed by atoms with E-state index in [1.165, 1.54) is 12.7 Å². The number of rotatable bonds is 16. The second-order valence-electron chi connectivity index (χ2n) is 11.7. The largest absolute Gasteiger partial charge is 0.480 e. The molecule has 0 bridgehead atoms. The second-order valence-corrected chi connectivity index (χ2v) is 11.7. The van der Waals surface area contributed by atoms with Gasteiger partial charge in [0.25, 0.3) is 0 Å². The molecule has 1 aliphatic heterocycles. The topological polar surface area (TPSA) is 117 Å². The second kappa shape index (κ2) is 14.2. The third-order valence-corrected chi connectivity index (χ3v) is 8.73. The fourth-order valence-corrected chi connectivity index (χ4v) is 5.98. The van der Waals surface area contributed by atoms with Gasteiger partial charge in [0.15, 0.2) is 0 Å². The molecule has 2 atom stereocenters. The van der Waals surface area contributed by atoms with Crippen molar-refractivity contribution >= 4 is 28.5 Å². The quantitative estimate of drug-likeness (QED) is 0.211. The van der Waals surface area contributed by atoms with Crippen LogP contribution in [0.25, 0.3) is 10.8 Å². The number of aromatic nitrogens is 2. The first-order valence-electron chi connectivity index (χ1n) is 15.4. The third kappa shape index (κ3) is 7.48. The molecule has 1 aromatic carbocycles. The number of aliphatic carboxylic acids is 1. The number of aryl methyl sites for hydroxylation is 2. The van der Waals surface area contributed by atoms with E-state index in [1.54, 1.807) is 6.20 Å². The first kappa shape index (κ1) is 30.8. The van der Waals surface area contributed by atoms with E-state index in [1.807, 2.05) is 35.2 Å². The van der Waals surface area contributed by atoms with Crippen LogP contribution in [0.2, 0.25) is 0 Å². The number of amides is 1. The molecule has 5 rings (SSSR count). The summed E-state index contributed by atoms with van der Waals surface area (Å²) in [4.78, 5) is 37.1. The number of pyridine rings is 2. The molecule has 1 saturated carbocycles. The van der Waals surface area contributed by atoms with E-state index in [0.29, 0.717) is 38.2 Å². The molecule has 3 aromatic rings. The fourth-order valence-electron chi connectivity index (χ4n) is 5.98. The Hall–Kier alpha value is -3.63. The molecule has 2 aromatic heterocycles. The number of benzene rings is 1. The minimum absolute atomic E-state index is 0.195. The number of carbonyl (C=O) groups is 2. The standard InChI is InChI=1S/C33H42FN5O4/c1-43-26(21-34)22-39(19-5-4-9-25-12-11-24-8-6-17-36-30(24)37-25)20-14-28(31(40)41)38-32(42)33(15-16-33)29-27-10-3-2-7-23(27)13-18-35-29/h2-3,7,10-13,18,26,28H,4-6,8-9,14-17,19-22H2,1H3,(H,36,37)(H,38,42)(H,40,41). The zero-order valence-electron chi connectivity index (χ0n) is 24.9. The lowest BCUT2D eigenvalue weighted by molar-refractivity contribution is -0.142. The summed E-state index contributed by atoms with van der Waals surface area (Å²) in [6.45, 7) is 1.72. The number of hydrogen-bond donors (Lipinski definition) is 3. The van der Waals surface area contributed by atoms with Gasteiger partial charge in [-0.1, -0.05) is 30.3 Å². The highest BCUT2D eigenvalue weighted by molar-refractivity contribution is 5.98. The van der Waals surface area contributed by atoms with Gasteiger partial charge in [-0.3, -0.25) is 9.78 Å². The summed E-state index contributed by atoms with van der Waals surface area (Å²) in [5.41, 5.74) is 2.19. The van der Waals surface area contributed by atoms with Gasteiger partial charge in [-0.2, -0.15) is 0 Å². The average Bonchev–Trinajstić information content (AvgIpc) is 3.85. The molecule has 230 valence electrons. The fraction of sp³-hybridized carbons (Fsp3) is 0.515. The Kier molecular flexibility index (Phi) is 10.2. The zero-order valence-corrected chi connectivity index (χ0v) is 24.9. The van der Waals surface area contributed by atoms with Crippen molar-refractivity contribution in [2.45, 2.75) is 68.9 Å². The minimum atomic E-state index is -1.09. The number of carbonyl (C=O) groups excluding carboxylic acids is 1. The number of carboxylic acids is 1. The van der Waals surface area contributed by atoms with Crippen LogP contribution in [0, 0.1) is 0 Å². The number of hydrogen-bond acceptors (Lipinski definition) is 7. The van der Waals surface area contributed by atoms with E-state index in [0.717, 1.165) is 60.9 Å². The molecule has 0 radical (unpaired) electrons. The van der Waals surface area contributed by atoms with Gasteiger partial charge in [0.2, 0.25) is 5.91 Å². The van der Waals surface area contributed by atoms with Crippen LogP contribution in [-0.2, 0) is 32.6 Å². The normalized spacial score (nSPS) is 16.7. The van der Waals surface area contributed by atoms with Gasteiger partial charge in [-0.25, -0.2) is 14.2 Å². The maximum absolute atomic E-state index is 13.6. The summed E-state index contributed by atoms with van der Waals surface area (Å²) in [7, 11) is 1.48. The Labute approximate surface area is 252 Å². The molecular formula is C33H42FN5O4. The van der Waals surface area contributed by atoms with E-state index in [9.17, 15) is 19.1 Å². The number of ether oxygens (including phenoxy) is 1.